The molecular formula is C11H17NO2. The van der Waals surface area contributed by atoms with Crippen molar-refractivity contribution in [2.45, 2.75) is 19.4 Å². The summed E-state index contributed by atoms with van der Waals surface area (Å²) in [5.74, 6) is 0.813. The summed E-state index contributed by atoms with van der Waals surface area (Å²) in [5.41, 5.74) is 6.80. The summed E-state index contributed by atoms with van der Waals surface area (Å²) in [6.45, 7) is 2.64. The molecule has 0 aromatic heterocycles. The first-order valence-corrected chi connectivity index (χ1v) is 4.83. The number of hydrogen-bond acceptors (Lipinski definition) is 3. The van der Waals surface area contributed by atoms with Crippen LogP contribution in [0, 0.1) is 0 Å². The van der Waals surface area contributed by atoms with Crippen LogP contribution >= 0.6 is 0 Å². The Bertz CT molecular complexity index is 274. The van der Waals surface area contributed by atoms with E-state index in [1.54, 1.807) is 0 Å². The topological polar surface area (TPSA) is 55.5 Å². The van der Waals surface area contributed by atoms with Gasteiger partial charge in [-0.1, -0.05) is 12.1 Å². The summed E-state index contributed by atoms with van der Waals surface area (Å²) in [7, 11) is 0. The van der Waals surface area contributed by atoms with Gasteiger partial charge in [0.1, 0.15) is 5.75 Å². The molecule has 1 rings (SSSR count). The van der Waals surface area contributed by atoms with Gasteiger partial charge in [-0.25, -0.2) is 0 Å². The number of ether oxygens (including phenoxy) is 1. The molecule has 0 aliphatic carbocycles. The minimum absolute atomic E-state index is 0.0244. The molecular weight excluding hydrogens is 178 g/mol. The standard InChI is InChI=1S/C11H17NO2/c1-9(12)10-4-2-5-11(8-10)14-7-3-6-13/h2,4-5,8-9,13H,3,6-7,12H2,1H3/t9-/m1/s1. The van der Waals surface area contributed by atoms with Gasteiger partial charge in [-0.15, -0.1) is 0 Å². The van der Waals surface area contributed by atoms with Crippen molar-refractivity contribution in [3.05, 3.63) is 29.8 Å². The van der Waals surface area contributed by atoms with E-state index in [-0.39, 0.29) is 12.6 Å². The first kappa shape index (κ1) is 11.0. The number of hydrogen-bond donors (Lipinski definition) is 2. The molecule has 0 bridgehead atoms. The highest BCUT2D eigenvalue weighted by molar-refractivity contribution is 5.30. The predicted molar refractivity (Wildman–Crippen MR) is 56.2 cm³/mol. The molecule has 0 saturated carbocycles. The third kappa shape index (κ3) is 3.36. The molecule has 14 heavy (non-hydrogen) atoms. The van der Waals surface area contributed by atoms with Crippen molar-refractivity contribution in [2.24, 2.45) is 5.73 Å². The van der Waals surface area contributed by atoms with Crippen LogP contribution in [0.15, 0.2) is 24.3 Å². The van der Waals surface area contributed by atoms with Gasteiger partial charge in [-0.2, -0.15) is 0 Å². The summed E-state index contributed by atoms with van der Waals surface area (Å²) in [6.07, 6.45) is 0.655. The Balaban J connectivity index is 2.55. The number of rotatable bonds is 5. The van der Waals surface area contributed by atoms with Gasteiger partial charge in [0, 0.05) is 19.1 Å². The summed E-state index contributed by atoms with van der Waals surface area (Å²) >= 11 is 0. The maximum Gasteiger partial charge on any atom is 0.119 e. The Hall–Kier alpha value is -1.06. The van der Waals surface area contributed by atoms with Crippen LogP contribution in [0.5, 0.6) is 5.75 Å². The molecule has 0 fully saturated rings. The highest BCUT2D eigenvalue weighted by atomic mass is 16.5. The minimum Gasteiger partial charge on any atom is -0.493 e. The van der Waals surface area contributed by atoms with E-state index in [9.17, 15) is 0 Å². The smallest absolute Gasteiger partial charge is 0.119 e. The lowest BCUT2D eigenvalue weighted by Crippen LogP contribution is -2.05. The first-order valence-electron chi connectivity index (χ1n) is 4.83. The Morgan fingerprint density at radius 3 is 2.93 bits per heavy atom. The average molecular weight is 195 g/mol. The number of aliphatic hydroxyl groups excluding tert-OH is 1. The lowest BCUT2D eigenvalue weighted by molar-refractivity contribution is 0.233. The molecule has 0 spiro atoms. The van der Waals surface area contributed by atoms with Crippen LogP contribution in [0.25, 0.3) is 0 Å². The van der Waals surface area contributed by atoms with Gasteiger partial charge in [0.25, 0.3) is 0 Å². The third-order valence-electron chi connectivity index (χ3n) is 1.96. The van der Waals surface area contributed by atoms with E-state index < -0.39 is 0 Å². The zero-order valence-electron chi connectivity index (χ0n) is 8.44. The summed E-state index contributed by atoms with van der Waals surface area (Å²) in [4.78, 5) is 0. The Kier molecular flexibility index (Phi) is 4.43. The van der Waals surface area contributed by atoms with Crippen LogP contribution in [-0.2, 0) is 0 Å². The van der Waals surface area contributed by atoms with E-state index in [0.29, 0.717) is 13.0 Å². The first-order chi connectivity index (χ1) is 6.74. The maximum atomic E-state index is 8.59. The second-order valence-electron chi connectivity index (χ2n) is 3.29. The van der Waals surface area contributed by atoms with Crippen LogP contribution in [0.2, 0.25) is 0 Å². The monoisotopic (exact) mass is 195 g/mol. The highest BCUT2D eigenvalue weighted by Gasteiger charge is 2.00. The second-order valence-corrected chi connectivity index (χ2v) is 3.29. The molecule has 0 aliphatic heterocycles. The van der Waals surface area contributed by atoms with Crippen molar-refractivity contribution >= 4 is 0 Å². The summed E-state index contributed by atoms with van der Waals surface area (Å²) < 4.78 is 5.42. The predicted octanol–water partition coefficient (Wildman–Crippen LogP) is 1.47. The molecule has 1 aromatic carbocycles. The minimum atomic E-state index is 0.0244. The van der Waals surface area contributed by atoms with E-state index >= 15 is 0 Å². The van der Waals surface area contributed by atoms with Gasteiger partial charge < -0.3 is 15.6 Å². The van der Waals surface area contributed by atoms with Crippen LogP contribution in [0.4, 0.5) is 0 Å². The molecule has 3 heteroatoms. The molecule has 3 nitrogen and oxygen atoms in total. The normalized spacial score (nSPS) is 12.5. The van der Waals surface area contributed by atoms with Crippen LogP contribution in [-0.4, -0.2) is 18.3 Å². The fourth-order valence-corrected chi connectivity index (χ4v) is 1.14. The summed E-state index contributed by atoms with van der Waals surface area (Å²) in [6, 6.07) is 7.75. The Morgan fingerprint density at radius 1 is 1.50 bits per heavy atom. The van der Waals surface area contributed by atoms with E-state index in [1.807, 2.05) is 31.2 Å². The van der Waals surface area contributed by atoms with E-state index in [0.717, 1.165) is 11.3 Å². The number of benzene rings is 1. The van der Waals surface area contributed by atoms with E-state index in [4.69, 9.17) is 15.6 Å². The molecule has 78 valence electrons. The largest absolute Gasteiger partial charge is 0.493 e. The average Bonchev–Trinajstić information content (AvgIpc) is 2.19. The Morgan fingerprint density at radius 2 is 2.29 bits per heavy atom. The quantitative estimate of drug-likeness (QED) is 0.699. The van der Waals surface area contributed by atoms with Crippen molar-refractivity contribution in [3.8, 4) is 5.75 Å². The zero-order chi connectivity index (χ0) is 10.4. The van der Waals surface area contributed by atoms with Gasteiger partial charge >= 0.3 is 0 Å². The molecule has 0 saturated heterocycles. The molecule has 1 atom stereocenters. The highest BCUT2D eigenvalue weighted by Crippen LogP contribution is 2.17. The number of nitrogens with two attached hydrogens (primary N) is 1. The maximum absolute atomic E-state index is 8.59. The van der Waals surface area contributed by atoms with Crippen molar-refractivity contribution < 1.29 is 9.84 Å². The second kappa shape index (κ2) is 5.62. The van der Waals surface area contributed by atoms with Crippen molar-refractivity contribution in [1.82, 2.24) is 0 Å². The molecule has 0 heterocycles. The molecule has 0 amide bonds. The molecule has 0 radical (unpaired) electrons. The molecule has 3 N–H and O–H groups in total. The van der Waals surface area contributed by atoms with E-state index in [2.05, 4.69) is 0 Å². The fraction of sp³-hybridized carbons (Fsp3) is 0.455. The van der Waals surface area contributed by atoms with Gasteiger partial charge in [-0.3, -0.25) is 0 Å². The number of aliphatic hydroxyl groups is 1. The Labute approximate surface area is 84.5 Å². The van der Waals surface area contributed by atoms with Crippen molar-refractivity contribution in [2.75, 3.05) is 13.2 Å². The fourth-order valence-electron chi connectivity index (χ4n) is 1.14. The van der Waals surface area contributed by atoms with Crippen molar-refractivity contribution in [1.29, 1.82) is 0 Å². The van der Waals surface area contributed by atoms with E-state index in [1.165, 1.54) is 0 Å². The molecule has 1 aromatic rings. The zero-order valence-corrected chi connectivity index (χ0v) is 8.44. The van der Waals surface area contributed by atoms with Crippen molar-refractivity contribution in [3.63, 3.8) is 0 Å². The SMILES string of the molecule is C[C@@H](N)c1cccc(OCCCO)c1. The van der Waals surface area contributed by atoms with Gasteiger partial charge in [0.15, 0.2) is 0 Å². The van der Waals surface area contributed by atoms with Gasteiger partial charge in [0.2, 0.25) is 0 Å². The summed E-state index contributed by atoms with van der Waals surface area (Å²) in [5, 5.41) is 8.59. The molecule has 0 unspecified atom stereocenters. The third-order valence-corrected chi connectivity index (χ3v) is 1.96. The van der Waals surface area contributed by atoms with Gasteiger partial charge in [0.05, 0.1) is 6.61 Å². The lowest BCUT2D eigenvalue weighted by Gasteiger charge is -2.09. The van der Waals surface area contributed by atoms with Crippen LogP contribution in [0.3, 0.4) is 0 Å². The van der Waals surface area contributed by atoms with Crippen LogP contribution in [0.1, 0.15) is 24.9 Å². The lowest BCUT2D eigenvalue weighted by atomic mass is 10.1. The van der Waals surface area contributed by atoms with Gasteiger partial charge in [-0.05, 0) is 24.6 Å². The van der Waals surface area contributed by atoms with Crippen LogP contribution < -0.4 is 10.5 Å². The molecule has 0 aliphatic rings.